The number of quaternary nitrogens is 1. The Balaban J connectivity index is 1.85. The second-order valence-corrected chi connectivity index (χ2v) is 7.37. The molecule has 3 aromatic rings. The molecule has 0 saturated carbocycles. The summed E-state index contributed by atoms with van der Waals surface area (Å²) in [7, 11) is 0. The first-order chi connectivity index (χ1) is 14.0. The number of likely N-dealkylation sites (N-methyl/N-ethyl adjacent to an activating group) is 1. The van der Waals surface area contributed by atoms with Gasteiger partial charge in [-0.25, -0.2) is 0 Å². The minimum Gasteiger partial charge on any atom is -0.360 e. The van der Waals surface area contributed by atoms with E-state index in [-0.39, 0.29) is 16.9 Å². The van der Waals surface area contributed by atoms with E-state index in [1.54, 1.807) is 36.1 Å². The van der Waals surface area contributed by atoms with Gasteiger partial charge in [0, 0.05) is 17.1 Å². The predicted molar refractivity (Wildman–Crippen MR) is 112 cm³/mol. The molecule has 8 nitrogen and oxygen atoms in total. The monoisotopic (exact) mass is 394 g/mol. The molecule has 2 aromatic carbocycles. The first kappa shape index (κ1) is 19.1. The van der Waals surface area contributed by atoms with Gasteiger partial charge in [-0.05, 0) is 32.0 Å². The highest BCUT2D eigenvalue weighted by Crippen LogP contribution is 2.28. The molecular formula is C21H24N5O3+. The Morgan fingerprint density at radius 1 is 1.14 bits per heavy atom. The number of aryl methyl sites for hydroxylation is 1. The van der Waals surface area contributed by atoms with Gasteiger partial charge in [0.15, 0.2) is 0 Å². The van der Waals surface area contributed by atoms with Crippen LogP contribution in [0.1, 0.15) is 12.6 Å². The SMILES string of the molecule is CC[NH+]1CCN(c2ccc([N+](=O)[O-])c(-n3nc(C)c4ccccc4c3=O)c2)CC1. The topological polar surface area (TPSA) is 85.7 Å². The third-order valence-electron chi connectivity index (χ3n) is 5.71. The summed E-state index contributed by atoms with van der Waals surface area (Å²) >= 11 is 0. The second-order valence-electron chi connectivity index (χ2n) is 7.37. The van der Waals surface area contributed by atoms with Gasteiger partial charge in [0.05, 0.1) is 48.7 Å². The number of hydrogen-bond acceptors (Lipinski definition) is 5. The first-order valence-corrected chi connectivity index (χ1v) is 9.85. The van der Waals surface area contributed by atoms with E-state index >= 15 is 0 Å². The van der Waals surface area contributed by atoms with Crippen LogP contribution in [0.15, 0.2) is 47.3 Å². The fourth-order valence-corrected chi connectivity index (χ4v) is 3.98. The summed E-state index contributed by atoms with van der Waals surface area (Å²) in [5, 5.41) is 17.3. The number of benzene rings is 2. The summed E-state index contributed by atoms with van der Waals surface area (Å²) in [4.78, 5) is 28.1. The summed E-state index contributed by atoms with van der Waals surface area (Å²) < 4.78 is 1.17. The van der Waals surface area contributed by atoms with Crippen molar-refractivity contribution in [2.75, 3.05) is 37.6 Å². The molecule has 29 heavy (non-hydrogen) atoms. The van der Waals surface area contributed by atoms with E-state index in [2.05, 4.69) is 16.9 Å². The highest BCUT2D eigenvalue weighted by Gasteiger charge is 2.24. The Bertz CT molecular complexity index is 1130. The third kappa shape index (κ3) is 3.47. The van der Waals surface area contributed by atoms with Gasteiger partial charge in [-0.2, -0.15) is 9.78 Å². The Morgan fingerprint density at radius 3 is 2.48 bits per heavy atom. The van der Waals surface area contributed by atoms with E-state index in [1.807, 2.05) is 12.1 Å². The Morgan fingerprint density at radius 2 is 1.83 bits per heavy atom. The van der Waals surface area contributed by atoms with Gasteiger partial charge < -0.3 is 9.80 Å². The number of piperazine rings is 1. The maximum atomic E-state index is 13.1. The number of anilines is 1. The molecule has 0 radical (unpaired) electrons. The van der Waals surface area contributed by atoms with Crippen LogP contribution in [0.4, 0.5) is 11.4 Å². The normalized spacial score (nSPS) is 15.0. The summed E-state index contributed by atoms with van der Waals surface area (Å²) in [6.07, 6.45) is 0. The van der Waals surface area contributed by atoms with Crippen LogP contribution in [0.3, 0.4) is 0 Å². The van der Waals surface area contributed by atoms with E-state index in [0.717, 1.165) is 43.8 Å². The van der Waals surface area contributed by atoms with E-state index in [0.29, 0.717) is 11.1 Å². The van der Waals surface area contributed by atoms with Crippen LogP contribution in [0, 0.1) is 17.0 Å². The lowest BCUT2D eigenvalue weighted by Gasteiger charge is -2.33. The van der Waals surface area contributed by atoms with Crippen molar-refractivity contribution in [3.05, 3.63) is 68.6 Å². The molecule has 150 valence electrons. The van der Waals surface area contributed by atoms with E-state index in [1.165, 1.54) is 10.7 Å². The lowest BCUT2D eigenvalue weighted by Crippen LogP contribution is -3.14. The quantitative estimate of drug-likeness (QED) is 0.533. The van der Waals surface area contributed by atoms with Gasteiger partial charge >= 0.3 is 0 Å². The van der Waals surface area contributed by atoms with Crippen molar-refractivity contribution in [2.45, 2.75) is 13.8 Å². The van der Waals surface area contributed by atoms with Crippen LogP contribution in [0.5, 0.6) is 0 Å². The average Bonchev–Trinajstić information content (AvgIpc) is 2.76. The van der Waals surface area contributed by atoms with Gasteiger partial charge in [-0.15, -0.1) is 0 Å². The highest BCUT2D eigenvalue weighted by molar-refractivity contribution is 5.83. The molecule has 1 aromatic heterocycles. The number of nitrogens with one attached hydrogen (secondary N) is 1. The fourth-order valence-electron chi connectivity index (χ4n) is 3.98. The standard InChI is InChI=1S/C21H23N5O3/c1-3-23-10-12-24(13-11-23)16-8-9-19(26(28)29)20(14-16)25-21(27)18-7-5-4-6-17(18)15(2)22-25/h4-9,14H,3,10-13H2,1-2H3/p+1. The highest BCUT2D eigenvalue weighted by atomic mass is 16.6. The van der Waals surface area contributed by atoms with Crippen LogP contribution in [0.25, 0.3) is 16.5 Å². The number of fused-ring (bicyclic) bond motifs is 1. The van der Waals surface area contributed by atoms with Crippen molar-refractivity contribution in [3.63, 3.8) is 0 Å². The Kier molecular flexibility index (Phi) is 5.02. The zero-order valence-electron chi connectivity index (χ0n) is 16.6. The molecule has 2 heterocycles. The number of nitro benzene ring substituents is 1. The minimum atomic E-state index is -0.461. The molecule has 0 unspecified atom stereocenters. The second kappa shape index (κ2) is 7.63. The smallest absolute Gasteiger partial charge is 0.295 e. The van der Waals surface area contributed by atoms with Gasteiger partial charge in [0.1, 0.15) is 5.69 Å². The van der Waals surface area contributed by atoms with Crippen molar-refractivity contribution in [1.29, 1.82) is 0 Å². The van der Waals surface area contributed by atoms with Crippen molar-refractivity contribution in [2.24, 2.45) is 0 Å². The van der Waals surface area contributed by atoms with Crippen LogP contribution >= 0.6 is 0 Å². The van der Waals surface area contributed by atoms with Crippen LogP contribution < -0.4 is 15.4 Å². The molecule has 1 saturated heterocycles. The van der Waals surface area contributed by atoms with Crippen LogP contribution in [-0.2, 0) is 0 Å². The van der Waals surface area contributed by atoms with Crippen molar-refractivity contribution in [3.8, 4) is 5.69 Å². The number of aromatic nitrogens is 2. The average molecular weight is 394 g/mol. The summed E-state index contributed by atoms with van der Waals surface area (Å²) in [5.74, 6) is 0. The fraction of sp³-hybridized carbons (Fsp3) is 0.333. The molecule has 0 amide bonds. The van der Waals surface area contributed by atoms with Gasteiger partial charge in [0.2, 0.25) is 0 Å². The molecule has 0 atom stereocenters. The largest absolute Gasteiger partial charge is 0.360 e. The molecule has 0 aliphatic carbocycles. The van der Waals surface area contributed by atoms with E-state index < -0.39 is 4.92 Å². The first-order valence-electron chi connectivity index (χ1n) is 9.85. The number of nitro groups is 1. The van der Waals surface area contributed by atoms with Gasteiger partial charge in [-0.1, -0.05) is 18.2 Å². The number of nitrogens with zero attached hydrogens (tertiary/aromatic N) is 4. The molecule has 0 bridgehead atoms. The molecule has 1 fully saturated rings. The molecule has 8 heteroatoms. The summed E-state index contributed by atoms with van der Waals surface area (Å²) in [6, 6.07) is 12.2. The molecule has 1 aliphatic rings. The third-order valence-corrected chi connectivity index (χ3v) is 5.71. The Labute approximate surface area is 168 Å². The van der Waals surface area contributed by atoms with E-state index in [4.69, 9.17) is 0 Å². The maximum Gasteiger partial charge on any atom is 0.295 e. The van der Waals surface area contributed by atoms with Gasteiger partial charge in [0.25, 0.3) is 11.2 Å². The zero-order chi connectivity index (χ0) is 20.5. The number of rotatable bonds is 4. The van der Waals surface area contributed by atoms with Crippen molar-refractivity contribution < 1.29 is 9.82 Å². The molecule has 1 aliphatic heterocycles. The molecular weight excluding hydrogens is 370 g/mol. The van der Waals surface area contributed by atoms with Gasteiger partial charge in [-0.3, -0.25) is 14.9 Å². The molecule has 4 rings (SSSR count). The zero-order valence-corrected chi connectivity index (χ0v) is 16.6. The lowest BCUT2D eigenvalue weighted by molar-refractivity contribution is -0.898. The van der Waals surface area contributed by atoms with E-state index in [9.17, 15) is 14.9 Å². The lowest BCUT2D eigenvalue weighted by atomic mass is 10.1. The molecule has 0 spiro atoms. The molecule has 1 N–H and O–H groups in total. The van der Waals surface area contributed by atoms with Crippen LogP contribution in [0.2, 0.25) is 0 Å². The summed E-state index contributed by atoms with van der Waals surface area (Å²) in [6.45, 7) is 8.87. The predicted octanol–water partition coefficient (Wildman–Crippen LogP) is 1.33. The maximum absolute atomic E-state index is 13.1. The minimum absolute atomic E-state index is 0.129. The van der Waals surface area contributed by atoms with Crippen molar-refractivity contribution in [1.82, 2.24) is 9.78 Å². The van der Waals surface area contributed by atoms with Crippen molar-refractivity contribution >= 4 is 22.1 Å². The summed E-state index contributed by atoms with van der Waals surface area (Å²) in [5.41, 5.74) is 1.25. The number of hydrogen-bond donors (Lipinski definition) is 1. The van der Waals surface area contributed by atoms with Crippen LogP contribution in [-0.4, -0.2) is 47.4 Å². The Hall–Kier alpha value is -3.26.